The van der Waals surface area contributed by atoms with E-state index in [4.69, 9.17) is 27.9 Å². The number of allylic oxidation sites excluding steroid dienone is 1. The number of rotatable bonds is 5. The third-order valence-electron chi connectivity index (χ3n) is 6.54. The van der Waals surface area contributed by atoms with Crippen molar-refractivity contribution >= 4 is 46.6 Å². The van der Waals surface area contributed by atoms with Crippen LogP contribution in [0.2, 0.25) is 10.0 Å². The van der Waals surface area contributed by atoms with Crippen molar-refractivity contribution in [1.82, 2.24) is 9.13 Å². The van der Waals surface area contributed by atoms with Crippen molar-refractivity contribution in [2.45, 2.75) is 33.7 Å². The molecule has 4 aromatic rings. The van der Waals surface area contributed by atoms with Crippen LogP contribution in [0.4, 0.5) is 0 Å². The van der Waals surface area contributed by atoms with Crippen LogP contribution in [0.15, 0.2) is 75.7 Å². The average Bonchev–Trinajstić information content (AvgIpc) is 3.33. The monoisotopic (exact) mass is 565 g/mol. The van der Waals surface area contributed by atoms with Gasteiger partial charge in [-0.2, -0.15) is 0 Å². The highest BCUT2D eigenvalue weighted by Crippen LogP contribution is 2.34. The predicted octanol–water partition coefficient (Wildman–Crippen LogP) is 5.51. The Morgan fingerprint density at radius 3 is 2.58 bits per heavy atom. The minimum Gasteiger partial charge on any atom is -0.463 e. The smallest absolute Gasteiger partial charge is 0.338 e. The molecule has 0 radical (unpaired) electrons. The fourth-order valence-corrected chi connectivity index (χ4v) is 6.33. The summed E-state index contributed by atoms with van der Waals surface area (Å²) in [5.41, 5.74) is 5.03. The van der Waals surface area contributed by atoms with E-state index in [0.29, 0.717) is 36.2 Å². The number of hydrogen-bond acceptors (Lipinski definition) is 5. The summed E-state index contributed by atoms with van der Waals surface area (Å²) < 4.78 is 9.51. The lowest BCUT2D eigenvalue weighted by Crippen LogP contribution is -2.40. The molecule has 9 heteroatoms. The topological polar surface area (TPSA) is 65.6 Å². The Balaban J connectivity index is 1.71. The van der Waals surface area contributed by atoms with E-state index < -0.39 is 12.0 Å². The van der Waals surface area contributed by atoms with Gasteiger partial charge in [0.1, 0.15) is 6.04 Å². The standard InChI is InChI=1S/C29H25Cl2N3O3S/c1-5-37-28(36)25-17(3)32-29-34(26(25)22-11-6-7-12-23(22)31)27(35)24(38-29)14-19-13-16(2)33(18(19)4)21-10-8-9-20(30)15-21/h6-15,26H,5H2,1-4H3/b24-14-/t26-/m0/s1. The van der Waals surface area contributed by atoms with E-state index in [1.165, 1.54) is 11.3 Å². The maximum absolute atomic E-state index is 13.9. The molecule has 0 aliphatic carbocycles. The van der Waals surface area contributed by atoms with Gasteiger partial charge in [-0.15, -0.1) is 0 Å². The number of carbonyl (C=O) groups excluding carboxylic acids is 1. The summed E-state index contributed by atoms with van der Waals surface area (Å²) >= 11 is 14.1. The van der Waals surface area contributed by atoms with Gasteiger partial charge in [0.15, 0.2) is 4.80 Å². The molecular weight excluding hydrogens is 541 g/mol. The largest absolute Gasteiger partial charge is 0.463 e. The van der Waals surface area contributed by atoms with E-state index in [-0.39, 0.29) is 12.2 Å². The lowest BCUT2D eigenvalue weighted by molar-refractivity contribution is -0.139. The Kier molecular flexibility index (Phi) is 7.18. The number of carbonyl (C=O) groups is 1. The molecule has 194 valence electrons. The fourth-order valence-electron chi connectivity index (χ4n) is 4.87. The zero-order chi connectivity index (χ0) is 27.1. The van der Waals surface area contributed by atoms with E-state index in [9.17, 15) is 9.59 Å². The summed E-state index contributed by atoms with van der Waals surface area (Å²) in [7, 11) is 0. The van der Waals surface area contributed by atoms with E-state index >= 15 is 0 Å². The van der Waals surface area contributed by atoms with Gasteiger partial charge in [0.05, 0.1) is 22.4 Å². The molecule has 0 unspecified atom stereocenters. The second-order valence-corrected chi connectivity index (χ2v) is 10.8. The molecule has 0 bridgehead atoms. The first-order valence-electron chi connectivity index (χ1n) is 12.1. The molecule has 1 aliphatic rings. The number of nitrogens with zero attached hydrogens (tertiary/aromatic N) is 3. The van der Waals surface area contributed by atoms with Crippen LogP contribution in [-0.4, -0.2) is 21.7 Å². The molecule has 2 aromatic carbocycles. The molecule has 0 amide bonds. The molecule has 0 N–H and O–H groups in total. The Hall–Kier alpha value is -3.39. The highest BCUT2D eigenvalue weighted by molar-refractivity contribution is 7.07. The van der Waals surface area contributed by atoms with Crippen LogP contribution >= 0.6 is 34.5 Å². The van der Waals surface area contributed by atoms with Gasteiger partial charge in [-0.1, -0.05) is 58.8 Å². The Bertz CT molecular complexity index is 1800. The van der Waals surface area contributed by atoms with Crippen molar-refractivity contribution in [1.29, 1.82) is 0 Å². The summed E-state index contributed by atoms with van der Waals surface area (Å²) in [6.45, 7) is 7.72. The van der Waals surface area contributed by atoms with Crippen LogP contribution in [0.25, 0.3) is 11.8 Å². The van der Waals surface area contributed by atoms with Crippen molar-refractivity contribution in [3.63, 3.8) is 0 Å². The molecule has 38 heavy (non-hydrogen) atoms. The first-order valence-corrected chi connectivity index (χ1v) is 13.7. The van der Waals surface area contributed by atoms with Gasteiger partial charge in [0.25, 0.3) is 5.56 Å². The summed E-state index contributed by atoms with van der Waals surface area (Å²) in [5, 5.41) is 1.10. The van der Waals surface area contributed by atoms with Gasteiger partial charge >= 0.3 is 5.97 Å². The number of fused-ring (bicyclic) bond motifs is 1. The number of ether oxygens (including phenoxy) is 1. The van der Waals surface area contributed by atoms with Crippen LogP contribution < -0.4 is 14.9 Å². The van der Waals surface area contributed by atoms with Crippen molar-refractivity contribution in [2.24, 2.45) is 4.99 Å². The van der Waals surface area contributed by atoms with Crippen molar-refractivity contribution < 1.29 is 9.53 Å². The SMILES string of the molecule is CCOC(=O)C1=C(C)N=c2s/c(=C\c3cc(C)n(-c4cccc(Cl)c4)c3C)c(=O)n2[C@H]1c1ccccc1Cl. The number of benzene rings is 2. The molecule has 0 saturated carbocycles. The van der Waals surface area contributed by atoms with E-state index in [1.54, 1.807) is 24.5 Å². The fraction of sp³-hybridized carbons (Fsp3) is 0.207. The zero-order valence-electron chi connectivity index (χ0n) is 21.3. The lowest BCUT2D eigenvalue weighted by atomic mass is 9.96. The molecule has 5 rings (SSSR count). The van der Waals surface area contributed by atoms with E-state index in [1.807, 2.05) is 68.5 Å². The third kappa shape index (κ3) is 4.55. The van der Waals surface area contributed by atoms with Gasteiger partial charge < -0.3 is 9.30 Å². The summed E-state index contributed by atoms with van der Waals surface area (Å²) in [5.74, 6) is -0.516. The molecule has 0 fully saturated rings. The molecule has 3 heterocycles. The predicted molar refractivity (Wildman–Crippen MR) is 152 cm³/mol. The number of thiazole rings is 1. The second kappa shape index (κ2) is 10.4. The molecule has 6 nitrogen and oxygen atoms in total. The Labute approximate surface area is 233 Å². The lowest BCUT2D eigenvalue weighted by Gasteiger charge is -2.25. The number of halogens is 2. The first kappa shape index (κ1) is 26.2. The van der Waals surface area contributed by atoms with Crippen LogP contribution in [0.3, 0.4) is 0 Å². The molecule has 1 aliphatic heterocycles. The second-order valence-electron chi connectivity index (χ2n) is 8.97. The first-order chi connectivity index (χ1) is 18.2. The van der Waals surface area contributed by atoms with Gasteiger partial charge in [0.2, 0.25) is 0 Å². The van der Waals surface area contributed by atoms with Crippen LogP contribution in [0, 0.1) is 13.8 Å². The third-order valence-corrected chi connectivity index (χ3v) is 8.10. The number of aryl methyl sites for hydroxylation is 1. The average molecular weight is 567 g/mol. The molecule has 0 saturated heterocycles. The van der Waals surface area contributed by atoms with Crippen molar-refractivity contribution in [3.8, 4) is 5.69 Å². The molecule has 1 atom stereocenters. The van der Waals surface area contributed by atoms with E-state index in [2.05, 4.69) is 9.56 Å². The number of aromatic nitrogens is 2. The van der Waals surface area contributed by atoms with Gasteiger partial charge in [-0.3, -0.25) is 9.36 Å². The van der Waals surface area contributed by atoms with Gasteiger partial charge in [0, 0.05) is 27.1 Å². The highest BCUT2D eigenvalue weighted by atomic mass is 35.5. The maximum atomic E-state index is 13.9. The zero-order valence-corrected chi connectivity index (χ0v) is 23.6. The minimum absolute atomic E-state index is 0.206. The highest BCUT2D eigenvalue weighted by Gasteiger charge is 2.34. The van der Waals surface area contributed by atoms with Crippen molar-refractivity contribution in [2.75, 3.05) is 6.61 Å². The maximum Gasteiger partial charge on any atom is 0.338 e. The Morgan fingerprint density at radius 2 is 1.87 bits per heavy atom. The minimum atomic E-state index is -0.750. The molecular formula is C29H25Cl2N3O3S. The van der Waals surface area contributed by atoms with Gasteiger partial charge in [-0.25, -0.2) is 9.79 Å². The van der Waals surface area contributed by atoms with Crippen LogP contribution in [-0.2, 0) is 9.53 Å². The summed E-state index contributed by atoms with van der Waals surface area (Å²) in [4.78, 5) is 32.1. The summed E-state index contributed by atoms with van der Waals surface area (Å²) in [6.07, 6.45) is 1.88. The van der Waals surface area contributed by atoms with Crippen LogP contribution in [0.5, 0.6) is 0 Å². The quantitative estimate of drug-likeness (QED) is 0.299. The Morgan fingerprint density at radius 1 is 1.11 bits per heavy atom. The molecule has 2 aromatic heterocycles. The van der Waals surface area contributed by atoms with Crippen molar-refractivity contribution in [3.05, 3.63) is 118 Å². The van der Waals surface area contributed by atoms with Gasteiger partial charge in [-0.05, 0) is 75.2 Å². The summed E-state index contributed by atoms with van der Waals surface area (Å²) in [6, 6.07) is 16.1. The number of hydrogen-bond donors (Lipinski definition) is 0. The normalized spacial score (nSPS) is 15.4. The van der Waals surface area contributed by atoms with Crippen LogP contribution in [0.1, 0.15) is 42.4 Å². The molecule has 0 spiro atoms. The van der Waals surface area contributed by atoms with E-state index in [0.717, 1.165) is 22.6 Å². The number of esters is 1.